The number of thioether (sulfide) groups is 2. The maximum Gasteiger partial charge on any atom is 0.191 e. The molecule has 164 valence electrons. The molecule has 1 aromatic carbocycles. The van der Waals surface area contributed by atoms with Crippen LogP contribution in [0.25, 0.3) is 0 Å². The smallest absolute Gasteiger partial charge is 0.191 e. The van der Waals surface area contributed by atoms with Crippen LogP contribution in [0.15, 0.2) is 28.1 Å². The average Bonchev–Trinajstić information content (AvgIpc) is 3.21. The van der Waals surface area contributed by atoms with Crippen molar-refractivity contribution in [3.05, 3.63) is 29.3 Å². The summed E-state index contributed by atoms with van der Waals surface area (Å²) in [5.41, 5.74) is 2.81. The van der Waals surface area contributed by atoms with E-state index in [2.05, 4.69) is 65.6 Å². The van der Waals surface area contributed by atoms with Crippen LogP contribution in [0.5, 0.6) is 0 Å². The number of benzene rings is 1. The Hall–Kier alpha value is -0.160. The van der Waals surface area contributed by atoms with Crippen molar-refractivity contribution < 1.29 is 4.74 Å². The van der Waals surface area contributed by atoms with Gasteiger partial charge in [0.1, 0.15) is 0 Å². The van der Waals surface area contributed by atoms with E-state index in [4.69, 9.17) is 9.73 Å². The van der Waals surface area contributed by atoms with Crippen LogP contribution in [0.1, 0.15) is 24.5 Å². The molecule has 2 aliphatic rings. The summed E-state index contributed by atoms with van der Waals surface area (Å²) in [6, 6.07) is 6.63. The molecule has 0 aromatic heterocycles. The summed E-state index contributed by atoms with van der Waals surface area (Å²) in [5.74, 6) is 3.35. The molecule has 0 bridgehead atoms. The van der Waals surface area contributed by atoms with Crippen molar-refractivity contribution in [1.29, 1.82) is 0 Å². The van der Waals surface area contributed by atoms with E-state index in [0.29, 0.717) is 6.54 Å². The predicted molar refractivity (Wildman–Crippen MR) is 138 cm³/mol. The van der Waals surface area contributed by atoms with Gasteiger partial charge < -0.3 is 15.4 Å². The Morgan fingerprint density at radius 2 is 2.10 bits per heavy atom. The molecule has 2 saturated heterocycles. The van der Waals surface area contributed by atoms with Gasteiger partial charge in [-0.05, 0) is 49.5 Å². The number of rotatable bonds is 7. The van der Waals surface area contributed by atoms with Gasteiger partial charge in [-0.15, -0.1) is 35.7 Å². The van der Waals surface area contributed by atoms with Crippen molar-refractivity contribution in [3.8, 4) is 0 Å². The normalized spacial score (nSPS) is 22.9. The standard InChI is InChI=1S/C21H34N4OS2.HI/c1-4-22-20(23-14-18-6-5-17(2)13-19(18)27-3)24-15-21(7-12-28-16-21)25-8-10-26-11-9-25;/h5-6,13H,4,7-12,14-16H2,1-3H3,(H2,22,23,24);1H. The number of nitrogens with zero attached hydrogens (tertiary/aromatic N) is 2. The molecule has 2 fully saturated rings. The molecule has 8 heteroatoms. The number of guanidine groups is 1. The zero-order valence-electron chi connectivity index (χ0n) is 17.8. The molecule has 0 aliphatic carbocycles. The maximum absolute atomic E-state index is 5.58. The molecule has 2 aliphatic heterocycles. The maximum atomic E-state index is 5.58. The third-order valence-corrected chi connectivity index (χ3v) is 7.60. The van der Waals surface area contributed by atoms with Crippen LogP contribution in [0.4, 0.5) is 0 Å². The molecule has 1 aromatic rings. The van der Waals surface area contributed by atoms with E-state index in [9.17, 15) is 0 Å². The number of aryl methyl sites for hydroxylation is 1. The lowest BCUT2D eigenvalue weighted by molar-refractivity contribution is -0.0120. The molecular weight excluding hydrogens is 515 g/mol. The first kappa shape index (κ1) is 25.1. The summed E-state index contributed by atoms with van der Waals surface area (Å²) >= 11 is 3.87. The van der Waals surface area contributed by atoms with Crippen LogP contribution in [-0.4, -0.2) is 73.6 Å². The van der Waals surface area contributed by atoms with Crippen LogP contribution in [0.3, 0.4) is 0 Å². The molecule has 1 unspecified atom stereocenters. The van der Waals surface area contributed by atoms with E-state index in [-0.39, 0.29) is 29.5 Å². The van der Waals surface area contributed by atoms with E-state index < -0.39 is 0 Å². The van der Waals surface area contributed by atoms with Crippen molar-refractivity contribution in [1.82, 2.24) is 15.5 Å². The molecule has 3 rings (SSSR count). The van der Waals surface area contributed by atoms with E-state index in [1.165, 1.54) is 33.9 Å². The minimum absolute atomic E-state index is 0. The van der Waals surface area contributed by atoms with Gasteiger partial charge in [0.25, 0.3) is 0 Å². The molecule has 0 amide bonds. The number of halogens is 1. The minimum Gasteiger partial charge on any atom is -0.379 e. The first-order valence-corrected chi connectivity index (χ1v) is 12.6. The van der Waals surface area contributed by atoms with Gasteiger partial charge in [-0.2, -0.15) is 11.8 Å². The fourth-order valence-corrected chi connectivity index (χ4v) is 6.05. The highest BCUT2D eigenvalue weighted by Crippen LogP contribution is 2.33. The number of hydrogen-bond donors (Lipinski definition) is 2. The third kappa shape index (κ3) is 6.92. The van der Waals surface area contributed by atoms with Gasteiger partial charge in [0.15, 0.2) is 5.96 Å². The van der Waals surface area contributed by atoms with Gasteiger partial charge >= 0.3 is 0 Å². The molecular formula is C21H35IN4OS2. The summed E-state index contributed by atoms with van der Waals surface area (Å²) in [6.07, 6.45) is 3.37. The predicted octanol–water partition coefficient (Wildman–Crippen LogP) is 3.60. The van der Waals surface area contributed by atoms with Gasteiger partial charge in [-0.25, -0.2) is 4.99 Å². The highest BCUT2D eigenvalue weighted by Gasteiger charge is 2.40. The van der Waals surface area contributed by atoms with Gasteiger partial charge in [0.05, 0.1) is 19.8 Å². The first-order chi connectivity index (χ1) is 13.7. The molecule has 1 atom stereocenters. The fraction of sp³-hybridized carbons (Fsp3) is 0.667. The second kappa shape index (κ2) is 12.6. The molecule has 0 spiro atoms. The average molecular weight is 551 g/mol. The van der Waals surface area contributed by atoms with Gasteiger partial charge in [0.2, 0.25) is 0 Å². The summed E-state index contributed by atoms with van der Waals surface area (Å²) in [4.78, 5) is 8.84. The van der Waals surface area contributed by atoms with Crippen molar-refractivity contribution >= 4 is 53.5 Å². The van der Waals surface area contributed by atoms with E-state index in [0.717, 1.165) is 45.4 Å². The largest absolute Gasteiger partial charge is 0.379 e. The van der Waals surface area contributed by atoms with Crippen LogP contribution >= 0.6 is 47.5 Å². The number of aliphatic imine (C=N–C) groups is 1. The Morgan fingerprint density at radius 1 is 1.31 bits per heavy atom. The Morgan fingerprint density at radius 3 is 2.76 bits per heavy atom. The highest BCUT2D eigenvalue weighted by molar-refractivity contribution is 14.0. The van der Waals surface area contributed by atoms with E-state index in [1.54, 1.807) is 11.8 Å². The Kier molecular flexibility index (Phi) is 10.9. The lowest BCUT2D eigenvalue weighted by atomic mass is 9.95. The van der Waals surface area contributed by atoms with Crippen LogP contribution in [0, 0.1) is 6.92 Å². The molecule has 0 radical (unpaired) electrons. The Bertz CT molecular complexity index is 662. The molecule has 5 nitrogen and oxygen atoms in total. The fourth-order valence-electron chi connectivity index (χ4n) is 3.87. The summed E-state index contributed by atoms with van der Waals surface area (Å²) in [6.45, 7) is 10.6. The zero-order valence-corrected chi connectivity index (χ0v) is 21.8. The first-order valence-electron chi connectivity index (χ1n) is 10.2. The number of ether oxygens (including phenoxy) is 1. The Labute approximate surface area is 201 Å². The van der Waals surface area contributed by atoms with Crippen molar-refractivity contribution in [2.75, 3.05) is 57.2 Å². The van der Waals surface area contributed by atoms with Crippen LogP contribution < -0.4 is 10.6 Å². The van der Waals surface area contributed by atoms with Crippen LogP contribution in [-0.2, 0) is 11.3 Å². The monoisotopic (exact) mass is 550 g/mol. The van der Waals surface area contributed by atoms with Crippen LogP contribution in [0.2, 0.25) is 0 Å². The van der Waals surface area contributed by atoms with E-state index >= 15 is 0 Å². The van der Waals surface area contributed by atoms with Gasteiger partial charge in [-0.1, -0.05) is 12.1 Å². The topological polar surface area (TPSA) is 48.9 Å². The lowest BCUT2D eigenvalue weighted by Gasteiger charge is -2.43. The minimum atomic E-state index is 0. The number of hydrogen-bond acceptors (Lipinski definition) is 5. The van der Waals surface area contributed by atoms with Crippen molar-refractivity contribution in [2.24, 2.45) is 4.99 Å². The molecule has 0 saturated carbocycles. The summed E-state index contributed by atoms with van der Waals surface area (Å²) in [7, 11) is 0. The number of morpholine rings is 1. The van der Waals surface area contributed by atoms with Crippen molar-refractivity contribution in [2.45, 2.75) is 37.2 Å². The summed E-state index contributed by atoms with van der Waals surface area (Å²) < 4.78 is 5.58. The second-order valence-electron chi connectivity index (χ2n) is 7.49. The highest BCUT2D eigenvalue weighted by atomic mass is 127. The SMILES string of the molecule is CCNC(=NCc1ccc(C)cc1SC)NCC1(N2CCOCC2)CCSC1.I. The quantitative estimate of drug-likeness (QED) is 0.234. The second-order valence-corrected chi connectivity index (χ2v) is 9.44. The van der Waals surface area contributed by atoms with Gasteiger partial charge in [0, 0.05) is 42.4 Å². The molecule has 2 N–H and O–H groups in total. The van der Waals surface area contributed by atoms with Crippen molar-refractivity contribution in [3.63, 3.8) is 0 Å². The van der Waals surface area contributed by atoms with E-state index in [1.807, 2.05) is 0 Å². The molecule has 29 heavy (non-hydrogen) atoms. The summed E-state index contributed by atoms with van der Waals surface area (Å²) in [5, 5.41) is 7.08. The Balaban J connectivity index is 0.00000300. The zero-order chi connectivity index (χ0) is 19.8. The third-order valence-electron chi connectivity index (χ3n) is 5.54. The lowest BCUT2D eigenvalue weighted by Crippen LogP contribution is -2.60. The van der Waals surface area contributed by atoms with Gasteiger partial charge in [-0.3, -0.25) is 4.90 Å². The number of nitrogens with one attached hydrogen (secondary N) is 2. The molecule has 2 heterocycles.